The summed E-state index contributed by atoms with van der Waals surface area (Å²) < 4.78 is 34.1. The van der Waals surface area contributed by atoms with Gasteiger partial charge < -0.3 is 4.90 Å². The lowest BCUT2D eigenvalue weighted by Crippen LogP contribution is -2.15. The standard InChI is InChI=1S/C5H9F3N2/c1-10(2)4-9-3-5(6,7)8/h4H,3H2,1-2H3. The first-order valence-corrected chi connectivity index (χ1v) is 2.65. The highest BCUT2D eigenvalue weighted by atomic mass is 19.4. The molecule has 2 nitrogen and oxygen atoms in total. The predicted octanol–water partition coefficient (Wildman–Crippen LogP) is 1.14. The first-order chi connectivity index (χ1) is 4.42. The van der Waals surface area contributed by atoms with Gasteiger partial charge in [-0.3, -0.25) is 4.99 Å². The zero-order chi connectivity index (χ0) is 8.20. The molecule has 0 aliphatic heterocycles. The molecular formula is C5H9F3N2. The maximum atomic E-state index is 11.4. The molecule has 5 heteroatoms. The van der Waals surface area contributed by atoms with E-state index in [2.05, 4.69) is 4.99 Å². The Kier molecular flexibility index (Phi) is 3.18. The number of rotatable bonds is 2. The van der Waals surface area contributed by atoms with Crippen molar-refractivity contribution in [2.75, 3.05) is 20.6 Å². The van der Waals surface area contributed by atoms with Gasteiger partial charge in [-0.05, 0) is 0 Å². The first-order valence-electron chi connectivity index (χ1n) is 2.65. The summed E-state index contributed by atoms with van der Waals surface area (Å²) in [5, 5.41) is 0. The van der Waals surface area contributed by atoms with Crippen LogP contribution in [0.3, 0.4) is 0 Å². The van der Waals surface area contributed by atoms with E-state index in [1.54, 1.807) is 14.1 Å². The van der Waals surface area contributed by atoms with Crippen LogP contribution in [0.1, 0.15) is 0 Å². The minimum atomic E-state index is -4.19. The van der Waals surface area contributed by atoms with E-state index in [4.69, 9.17) is 0 Å². The van der Waals surface area contributed by atoms with E-state index < -0.39 is 12.7 Å². The molecule has 0 aromatic carbocycles. The molecule has 0 bridgehead atoms. The van der Waals surface area contributed by atoms with Gasteiger partial charge in [0.2, 0.25) is 0 Å². The van der Waals surface area contributed by atoms with Gasteiger partial charge >= 0.3 is 6.18 Å². The predicted molar refractivity (Wildman–Crippen MR) is 33.1 cm³/mol. The van der Waals surface area contributed by atoms with Gasteiger partial charge in [0.05, 0.1) is 6.34 Å². The van der Waals surface area contributed by atoms with Crippen LogP contribution in [0.2, 0.25) is 0 Å². The topological polar surface area (TPSA) is 15.6 Å². The Morgan fingerprint density at radius 1 is 1.40 bits per heavy atom. The van der Waals surface area contributed by atoms with Gasteiger partial charge in [0.1, 0.15) is 6.54 Å². The average molecular weight is 154 g/mol. The molecular weight excluding hydrogens is 145 g/mol. The highest BCUT2D eigenvalue weighted by molar-refractivity contribution is 5.53. The van der Waals surface area contributed by atoms with Crippen molar-refractivity contribution >= 4 is 6.34 Å². The molecule has 0 aliphatic rings. The summed E-state index contributed by atoms with van der Waals surface area (Å²) in [6.07, 6.45) is -3.06. The van der Waals surface area contributed by atoms with Crippen LogP contribution in [0.15, 0.2) is 4.99 Å². The van der Waals surface area contributed by atoms with Crippen LogP contribution >= 0.6 is 0 Å². The lowest BCUT2D eigenvalue weighted by Gasteiger charge is -2.03. The van der Waals surface area contributed by atoms with E-state index in [1.165, 1.54) is 4.90 Å². The van der Waals surface area contributed by atoms with Crippen molar-refractivity contribution in [3.8, 4) is 0 Å². The Hall–Kier alpha value is -0.740. The quantitative estimate of drug-likeness (QED) is 0.430. The monoisotopic (exact) mass is 154 g/mol. The zero-order valence-corrected chi connectivity index (χ0v) is 5.81. The summed E-state index contributed by atoms with van der Waals surface area (Å²) in [5.41, 5.74) is 0. The van der Waals surface area contributed by atoms with Crippen molar-refractivity contribution in [2.24, 2.45) is 4.99 Å². The van der Waals surface area contributed by atoms with Crippen molar-refractivity contribution in [3.05, 3.63) is 0 Å². The van der Waals surface area contributed by atoms with Crippen molar-refractivity contribution in [2.45, 2.75) is 6.18 Å². The normalized spacial score (nSPS) is 12.5. The van der Waals surface area contributed by atoms with Gasteiger partial charge in [-0.15, -0.1) is 0 Å². The Labute approximate surface area is 57.4 Å². The summed E-state index contributed by atoms with van der Waals surface area (Å²) in [7, 11) is 3.22. The average Bonchev–Trinajstić information content (AvgIpc) is 1.59. The molecule has 0 radical (unpaired) electrons. The Morgan fingerprint density at radius 2 is 1.90 bits per heavy atom. The molecule has 0 aromatic heterocycles. The van der Waals surface area contributed by atoms with Gasteiger partial charge in [0.15, 0.2) is 0 Å². The minimum Gasteiger partial charge on any atom is -0.369 e. The van der Waals surface area contributed by atoms with Crippen molar-refractivity contribution in [1.82, 2.24) is 4.90 Å². The molecule has 0 fully saturated rings. The van der Waals surface area contributed by atoms with E-state index in [0.29, 0.717) is 0 Å². The highest BCUT2D eigenvalue weighted by Crippen LogP contribution is 2.13. The molecule has 0 rings (SSSR count). The third kappa shape index (κ3) is 7.26. The van der Waals surface area contributed by atoms with E-state index in [0.717, 1.165) is 6.34 Å². The van der Waals surface area contributed by atoms with Gasteiger partial charge in [0.25, 0.3) is 0 Å². The molecule has 60 valence electrons. The van der Waals surface area contributed by atoms with Crippen LogP contribution in [0.5, 0.6) is 0 Å². The largest absolute Gasteiger partial charge is 0.408 e. The van der Waals surface area contributed by atoms with E-state index in [1.807, 2.05) is 0 Å². The molecule has 10 heavy (non-hydrogen) atoms. The van der Waals surface area contributed by atoms with Gasteiger partial charge in [-0.1, -0.05) is 0 Å². The summed E-state index contributed by atoms with van der Waals surface area (Å²) in [6.45, 7) is -1.11. The number of alkyl halides is 3. The number of halogens is 3. The molecule has 0 atom stereocenters. The summed E-state index contributed by atoms with van der Waals surface area (Å²) in [6, 6.07) is 0. The molecule has 0 N–H and O–H groups in total. The molecule has 0 saturated heterocycles. The Morgan fingerprint density at radius 3 is 2.20 bits per heavy atom. The number of aliphatic imine (C=N–C) groups is 1. The fourth-order valence-electron chi connectivity index (χ4n) is 0.308. The maximum absolute atomic E-state index is 11.4. The fraction of sp³-hybridized carbons (Fsp3) is 0.800. The smallest absolute Gasteiger partial charge is 0.369 e. The third-order valence-corrected chi connectivity index (χ3v) is 0.583. The van der Waals surface area contributed by atoms with Gasteiger partial charge in [0, 0.05) is 14.1 Å². The summed E-state index contributed by atoms with van der Waals surface area (Å²) >= 11 is 0. The molecule has 0 heterocycles. The Balaban J connectivity index is 3.54. The van der Waals surface area contributed by atoms with Crippen LogP contribution < -0.4 is 0 Å². The van der Waals surface area contributed by atoms with Crippen LogP contribution in [-0.2, 0) is 0 Å². The van der Waals surface area contributed by atoms with Gasteiger partial charge in [-0.2, -0.15) is 13.2 Å². The first kappa shape index (κ1) is 9.26. The van der Waals surface area contributed by atoms with E-state index >= 15 is 0 Å². The number of nitrogens with zero attached hydrogens (tertiary/aromatic N) is 2. The second-order valence-electron chi connectivity index (χ2n) is 2.03. The van der Waals surface area contributed by atoms with Crippen LogP contribution in [-0.4, -0.2) is 38.1 Å². The van der Waals surface area contributed by atoms with Crippen molar-refractivity contribution in [3.63, 3.8) is 0 Å². The molecule has 0 aromatic rings. The lowest BCUT2D eigenvalue weighted by molar-refractivity contribution is -0.118. The highest BCUT2D eigenvalue weighted by Gasteiger charge is 2.25. The fourth-order valence-corrected chi connectivity index (χ4v) is 0.308. The van der Waals surface area contributed by atoms with Crippen molar-refractivity contribution in [1.29, 1.82) is 0 Å². The lowest BCUT2D eigenvalue weighted by atomic mass is 10.7. The number of hydrogen-bond donors (Lipinski definition) is 0. The SMILES string of the molecule is CN(C)C=NCC(F)(F)F. The maximum Gasteiger partial charge on any atom is 0.408 e. The van der Waals surface area contributed by atoms with Gasteiger partial charge in [-0.25, -0.2) is 0 Å². The summed E-state index contributed by atoms with van der Waals surface area (Å²) in [5.74, 6) is 0. The minimum absolute atomic E-state index is 1.11. The zero-order valence-electron chi connectivity index (χ0n) is 5.81. The van der Waals surface area contributed by atoms with Crippen molar-refractivity contribution < 1.29 is 13.2 Å². The molecule has 0 aliphatic carbocycles. The van der Waals surface area contributed by atoms with E-state index in [-0.39, 0.29) is 0 Å². The Bertz CT molecular complexity index is 117. The van der Waals surface area contributed by atoms with Crippen LogP contribution in [0.4, 0.5) is 13.2 Å². The molecule has 0 amide bonds. The second-order valence-corrected chi connectivity index (χ2v) is 2.03. The molecule has 0 saturated carbocycles. The van der Waals surface area contributed by atoms with Crippen LogP contribution in [0, 0.1) is 0 Å². The third-order valence-electron chi connectivity index (χ3n) is 0.583. The molecule has 0 unspecified atom stereocenters. The molecule has 0 spiro atoms. The van der Waals surface area contributed by atoms with E-state index in [9.17, 15) is 13.2 Å². The van der Waals surface area contributed by atoms with Crippen LogP contribution in [0.25, 0.3) is 0 Å². The second kappa shape index (κ2) is 3.43. The number of hydrogen-bond acceptors (Lipinski definition) is 1. The summed E-state index contributed by atoms with van der Waals surface area (Å²) in [4.78, 5) is 4.57.